The van der Waals surface area contributed by atoms with Gasteiger partial charge in [-0.1, -0.05) is 18.2 Å². The Bertz CT molecular complexity index is 648. The van der Waals surface area contributed by atoms with Crippen LogP contribution in [-0.4, -0.2) is 23.5 Å². The highest BCUT2D eigenvalue weighted by Crippen LogP contribution is 2.33. The summed E-state index contributed by atoms with van der Waals surface area (Å²) < 4.78 is 11.1. The summed E-state index contributed by atoms with van der Waals surface area (Å²) >= 11 is 0. The minimum Gasteiger partial charge on any atom is -0.459 e. The first kappa shape index (κ1) is 15.5. The fourth-order valence-electron chi connectivity index (χ4n) is 3.40. The number of rotatable bonds is 2. The summed E-state index contributed by atoms with van der Waals surface area (Å²) in [6.07, 6.45) is 4.01. The molecule has 5 heteroatoms. The minimum absolute atomic E-state index is 0. The van der Waals surface area contributed by atoms with Crippen molar-refractivity contribution >= 4 is 11.0 Å². The normalized spacial score (nSPS) is 27.7. The van der Waals surface area contributed by atoms with E-state index < -0.39 is 0 Å². The molecule has 5 nitrogen and oxygen atoms in total. The second-order valence-electron chi connectivity index (χ2n) is 6.22. The molecule has 2 bridgehead atoms. The standard InChI is InChI=1S/C11H13NO.C6H11NO2.2H2/c1-7-9-5-3-4-6-10(9)13-11(7)8(2)12;8-7-5-3-4-1-2-6(5)9-4;;/h3-6,8H,12H2,1-2H3;4-8H,1-3H2;2*1H/t8-;;;/m1.../s1. The monoisotopic (exact) mass is 308 g/mol. The fourth-order valence-corrected chi connectivity index (χ4v) is 3.40. The molecule has 0 spiro atoms. The number of hydrogen-bond donors (Lipinski definition) is 3. The minimum atomic E-state index is -0.0348. The molecule has 1 aromatic heterocycles. The van der Waals surface area contributed by atoms with E-state index in [1.165, 1.54) is 6.42 Å². The molecule has 124 valence electrons. The lowest BCUT2D eigenvalue weighted by molar-refractivity contribution is 0.0610. The van der Waals surface area contributed by atoms with Gasteiger partial charge in [-0.15, -0.1) is 0 Å². The average molecular weight is 308 g/mol. The van der Waals surface area contributed by atoms with E-state index in [1.54, 1.807) is 0 Å². The lowest BCUT2D eigenvalue weighted by Gasteiger charge is -2.15. The zero-order valence-corrected chi connectivity index (χ0v) is 13.1. The molecule has 2 saturated heterocycles. The van der Waals surface area contributed by atoms with Gasteiger partial charge in [-0.25, -0.2) is 0 Å². The van der Waals surface area contributed by atoms with Gasteiger partial charge in [0.05, 0.1) is 24.3 Å². The van der Waals surface area contributed by atoms with Gasteiger partial charge in [-0.05, 0) is 44.7 Å². The van der Waals surface area contributed by atoms with Crippen LogP contribution in [0.2, 0.25) is 0 Å². The molecule has 4 atom stereocenters. The van der Waals surface area contributed by atoms with Crippen molar-refractivity contribution in [3.63, 3.8) is 0 Å². The van der Waals surface area contributed by atoms with E-state index in [9.17, 15) is 0 Å². The number of fused-ring (bicyclic) bond motifs is 3. The second kappa shape index (κ2) is 6.38. The highest BCUT2D eigenvalue weighted by atomic mass is 16.5. The maximum absolute atomic E-state index is 8.56. The molecule has 1 aromatic carbocycles. The summed E-state index contributed by atoms with van der Waals surface area (Å²) in [5.74, 6) is 0.890. The predicted octanol–water partition coefficient (Wildman–Crippen LogP) is 3.54. The molecule has 0 amide bonds. The summed E-state index contributed by atoms with van der Waals surface area (Å²) in [6.45, 7) is 3.98. The summed E-state index contributed by atoms with van der Waals surface area (Å²) in [7, 11) is 0. The topological polar surface area (TPSA) is 80.7 Å². The molecule has 2 aliphatic heterocycles. The molecular weight excluding hydrogens is 280 g/mol. The zero-order valence-electron chi connectivity index (χ0n) is 13.1. The van der Waals surface area contributed by atoms with E-state index in [0.29, 0.717) is 12.2 Å². The van der Waals surface area contributed by atoms with Crippen LogP contribution >= 0.6 is 0 Å². The van der Waals surface area contributed by atoms with Gasteiger partial charge < -0.3 is 20.1 Å². The van der Waals surface area contributed by atoms with Gasteiger partial charge in [0.25, 0.3) is 0 Å². The maximum atomic E-state index is 8.56. The van der Waals surface area contributed by atoms with Gasteiger partial charge in [0.1, 0.15) is 11.3 Å². The summed E-state index contributed by atoms with van der Waals surface area (Å²) in [4.78, 5) is 0. The van der Waals surface area contributed by atoms with E-state index in [4.69, 9.17) is 20.1 Å². The molecule has 0 aliphatic carbocycles. The van der Waals surface area contributed by atoms with Crippen LogP contribution < -0.4 is 11.2 Å². The second-order valence-corrected chi connectivity index (χ2v) is 6.22. The molecule has 2 aromatic rings. The van der Waals surface area contributed by atoms with E-state index in [-0.39, 0.29) is 14.9 Å². The Morgan fingerprint density at radius 2 is 2.14 bits per heavy atom. The lowest BCUT2D eigenvalue weighted by Crippen LogP contribution is -2.34. The highest BCUT2D eigenvalue weighted by molar-refractivity contribution is 5.81. The van der Waals surface area contributed by atoms with Crippen LogP contribution in [0, 0.1) is 6.92 Å². The third-order valence-corrected chi connectivity index (χ3v) is 4.57. The molecule has 0 saturated carbocycles. The number of aryl methyl sites for hydroxylation is 1. The van der Waals surface area contributed by atoms with Crippen molar-refractivity contribution in [1.82, 2.24) is 5.48 Å². The molecule has 3 heterocycles. The van der Waals surface area contributed by atoms with Crippen LogP contribution in [0.1, 0.15) is 46.4 Å². The average Bonchev–Trinajstić information content (AvgIpc) is 3.22. The molecule has 3 unspecified atom stereocenters. The highest BCUT2D eigenvalue weighted by Gasteiger charge is 2.40. The first-order valence-electron chi connectivity index (χ1n) is 7.88. The Hall–Kier alpha value is -1.40. The van der Waals surface area contributed by atoms with Gasteiger partial charge in [0.15, 0.2) is 0 Å². The van der Waals surface area contributed by atoms with Crippen molar-refractivity contribution in [2.75, 3.05) is 0 Å². The van der Waals surface area contributed by atoms with Crippen LogP contribution in [0.15, 0.2) is 28.7 Å². The van der Waals surface area contributed by atoms with Crippen molar-refractivity contribution in [2.24, 2.45) is 5.73 Å². The maximum Gasteiger partial charge on any atom is 0.134 e. The van der Waals surface area contributed by atoms with Crippen molar-refractivity contribution in [3.05, 3.63) is 35.6 Å². The van der Waals surface area contributed by atoms with Gasteiger partial charge in [0, 0.05) is 8.24 Å². The Morgan fingerprint density at radius 1 is 1.36 bits per heavy atom. The molecule has 0 radical (unpaired) electrons. The van der Waals surface area contributed by atoms with Crippen LogP contribution in [-0.2, 0) is 4.74 Å². The Kier molecular flexibility index (Phi) is 4.49. The predicted molar refractivity (Wildman–Crippen MR) is 89.0 cm³/mol. The van der Waals surface area contributed by atoms with Crippen LogP contribution in [0.3, 0.4) is 0 Å². The number of benzene rings is 1. The number of hydroxylamine groups is 1. The van der Waals surface area contributed by atoms with E-state index in [0.717, 1.165) is 35.1 Å². The number of furan rings is 1. The first-order chi connectivity index (χ1) is 10.6. The fraction of sp³-hybridized carbons (Fsp3) is 0.529. The molecular formula is C17H28N2O3. The Morgan fingerprint density at radius 3 is 2.64 bits per heavy atom. The number of hydrogen-bond acceptors (Lipinski definition) is 5. The van der Waals surface area contributed by atoms with Crippen molar-refractivity contribution in [1.29, 1.82) is 0 Å². The van der Waals surface area contributed by atoms with Crippen molar-refractivity contribution in [3.8, 4) is 0 Å². The van der Waals surface area contributed by atoms with Gasteiger partial charge in [-0.3, -0.25) is 0 Å². The summed E-state index contributed by atoms with van der Waals surface area (Å²) in [5, 5.41) is 9.72. The lowest BCUT2D eigenvalue weighted by atomic mass is 9.96. The Balaban J connectivity index is 0.000000233. The first-order valence-corrected chi connectivity index (χ1v) is 7.88. The number of para-hydroxylation sites is 1. The van der Waals surface area contributed by atoms with Crippen molar-refractivity contribution in [2.45, 2.75) is 57.4 Å². The molecule has 2 fully saturated rings. The third kappa shape index (κ3) is 2.90. The molecule has 4 N–H and O–H groups in total. The zero-order chi connectivity index (χ0) is 15.7. The Labute approximate surface area is 133 Å². The van der Waals surface area contributed by atoms with Crippen molar-refractivity contribution < 1.29 is 17.2 Å². The van der Waals surface area contributed by atoms with Gasteiger partial charge in [-0.2, -0.15) is 5.48 Å². The summed E-state index contributed by atoms with van der Waals surface area (Å²) in [6, 6.07) is 8.18. The molecule has 2 aliphatic rings. The van der Waals surface area contributed by atoms with Crippen LogP contribution in [0.4, 0.5) is 0 Å². The van der Waals surface area contributed by atoms with Gasteiger partial charge in [0.2, 0.25) is 0 Å². The quantitative estimate of drug-likeness (QED) is 0.739. The molecule has 22 heavy (non-hydrogen) atoms. The van der Waals surface area contributed by atoms with Crippen LogP contribution in [0.25, 0.3) is 11.0 Å². The number of nitrogens with two attached hydrogens (primary N) is 1. The van der Waals surface area contributed by atoms with Gasteiger partial charge >= 0.3 is 0 Å². The van der Waals surface area contributed by atoms with E-state index in [2.05, 4.69) is 11.5 Å². The van der Waals surface area contributed by atoms with E-state index >= 15 is 0 Å². The van der Waals surface area contributed by atoms with E-state index in [1.807, 2.05) is 32.0 Å². The van der Waals surface area contributed by atoms with Crippen LogP contribution in [0.5, 0.6) is 0 Å². The largest absolute Gasteiger partial charge is 0.459 e. The third-order valence-electron chi connectivity index (χ3n) is 4.57. The summed E-state index contributed by atoms with van der Waals surface area (Å²) in [5.41, 5.74) is 10.1. The molecule has 4 rings (SSSR count). The SMILES string of the molecule is Cc1c([C@@H](C)N)oc2ccccc12.ONC1CC2CCC1O2.[HH].[HH]. The number of ether oxygens (including phenoxy) is 1. The number of nitrogens with one attached hydrogen (secondary N) is 1. The smallest absolute Gasteiger partial charge is 0.134 e.